The molecule has 1 amide bonds. The Balaban J connectivity index is 1.84. The molecule has 2 fully saturated rings. The van der Waals surface area contributed by atoms with Gasteiger partial charge in [0, 0.05) is 6.04 Å². The Kier molecular flexibility index (Phi) is 4.20. The number of amides is 1. The van der Waals surface area contributed by atoms with E-state index in [-0.39, 0.29) is 5.37 Å². The average Bonchev–Trinajstić information content (AvgIpc) is 2.90. The molecule has 4 heteroatoms. The van der Waals surface area contributed by atoms with Gasteiger partial charge in [-0.05, 0) is 30.5 Å². The number of thioether (sulfide) groups is 1. The normalized spacial score (nSPS) is 24.1. The van der Waals surface area contributed by atoms with Gasteiger partial charge in [0.1, 0.15) is 11.1 Å². The number of hydrogen-bond acceptors (Lipinski definition) is 3. The van der Waals surface area contributed by atoms with E-state index in [1.807, 2.05) is 12.1 Å². The Labute approximate surface area is 124 Å². The van der Waals surface area contributed by atoms with Gasteiger partial charge in [0.25, 0.3) is 0 Å². The predicted octanol–water partition coefficient (Wildman–Crippen LogP) is 3.60. The van der Waals surface area contributed by atoms with E-state index in [0.29, 0.717) is 17.7 Å². The summed E-state index contributed by atoms with van der Waals surface area (Å²) in [5.41, 5.74) is 1.19. The first-order chi connectivity index (χ1) is 9.79. The SMILES string of the molecule is COc1cccc([C@H]2SCC(=O)N2C2CCCCC2)c1. The van der Waals surface area contributed by atoms with Crippen molar-refractivity contribution in [1.82, 2.24) is 4.90 Å². The predicted molar refractivity (Wildman–Crippen MR) is 81.9 cm³/mol. The minimum Gasteiger partial charge on any atom is -0.497 e. The van der Waals surface area contributed by atoms with E-state index in [4.69, 9.17) is 4.74 Å². The lowest BCUT2D eigenvalue weighted by atomic mass is 9.93. The zero-order valence-electron chi connectivity index (χ0n) is 11.9. The molecule has 0 spiro atoms. The molecular weight excluding hydrogens is 270 g/mol. The highest BCUT2D eigenvalue weighted by Crippen LogP contribution is 2.43. The van der Waals surface area contributed by atoms with Crippen LogP contribution in [-0.4, -0.2) is 29.7 Å². The summed E-state index contributed by atoms with van der Waals surface area (Å²) >= 11 is 1.75. The van der Waals surface area contributed by atoms with Gasteiger partial charge in [0.15, 0.2) is 0 Å². The van der Waals surface area contributed by atoms with Gasteiger partial charge in [-0.2, -0.15) is 0 Å². The van der Waals surface area contributed by atoms with Crippen LogP contribution in [0.4, 0.5) is 0 Å². The number of carbonyl (C=O) groups is 1. The molecule has 1 aliphatic carbocycles. The van der Waals surface area contributed by atoms with Crippen LogP contribution in [0.5, 0.6) is 5.75 Å². The van der Waals surface area contributed by atoms with Gasteiger partial charge in [-0.1, -0.05) is 31.4 Å². The average molecular weight is 291 g/mol. The highest BCUT2D eigenvalue weighted by atomic mass is 32.2. The van der Waals surface area contributed by atoms with Crippen LogP contribution >= 0.6 is 11.8 Å². The summed E-state index contributed by atoms with van der Waals surface area (Å²) in [6.45, 7) is 0. The van der Waals surface area contributed by atoms with Crippen LogP contribution < -0.4 is 4.74 Å². The van der Waals surface area contributed by atoms with Gasteiger partial charge in [-0.3, -0.25) is 4.79 Å². The largest absolute Gasteiger partial charge is 0.497 e. The molecule has 1 aromatic rings. The van der Waals surface area contributed by atoms with Crippen molar-refractivity contribution < 1.29 is 9.53 Å². The molecule has 0 N–H and O–H groups in total. The van der Waals surface area contributed by atoms with Gasteiger partial charge in [-0.25, -0.2) is 0 Å². The number of benzene rings is 1. The molecule has 3 nitrogen and oxygen atoms in total. The smallest absolute Gasteiger partial charge is 0.234 e. The van der Waals surface area contributed by atoms with Crippen molar-refractivity contribution in [3.8, 4) is 5.75 Å². The lowest BCUT2D eigenvalue weighted by molar-refractivity contribution is -0.131. The number of ether oxygens (including phenoxy) is 1. The quantitative estimate of drug-likeness (QED) is 0.852. The molecule has 0 radical (unpaired) electrons. The second kappa shape index (κ2) is 6.08. The van der Waals surface area contributed by atoms with E-state index in [1.165, 1.54) is 24.8 Å². The first-order valence-corrected chi connectivity index (χ1v) is 8.41. The maximum Gasteiger partial charge on any atom is 0.234 e. The summed E-state index contributed by atoms with van der Waals surface area (Å²) < 4.78 is 5.31. The molecule has 3 rings (SSSR count). The molecule has 1 atom stereocenters. The minimum absolute atomic E-state index is 0.167. The van der Waals surface area contributed by atoms with Crippen LogP contribution in [0.2, 0.25) is 0 Å². The molecular formula is C16H21NO2S. The first kappa shape index (κ1) is 13.8. The molecule has 1 saturated carbocycles. The molecule has 20 heavy (non-hydrogen) atoms. The van der Waals surface area contributed by atoms with Crippen LogP contribution in [0, 0.1) is 0 Å². The summed E-state index contributed by atoms with van der Waals surface area (Å²) in [5, 5.41) is 0.167. The van der Waals surface area contributed by atoms with Gasteiger partial charge in [0.2, 0.25) is 5.91 Å². The summed E-state index contributed by atoms with van der Waals surface area (Å²) in [6, 6.07) is 8.56. The molecule has 0 aromatic heterocycles. The molecule has 2 aliphatic rings. The van der Waals surface area contributed by atoms with Gasteiger partial charge in [0.05, 0.1) is 12.9 Å². The molecule has 1 saturated heterocycles. The fourth-order valence-corrected chi connectivity index (χ4v) is 4.48. The monoisotopic (exact) mass is 291 g/mol. The second-order valence-corrected chi connectivity index (χ2v) is 6.60. The third-order valence-corrected chi connectivity index (χ3v) is 5.48. The molecule has 108 valence electrons. The van der Waals surface area contributed by atoms with Crippen molar-refractivity contribution >= 4 is 17.7 Å². The lowest BCUT2D eigenvalue weighted by Gasteiger charge is -2.35. The third-order valence-electron chi connectivity index (χ3n) is 4.25. The van der Waals surface area contributed by atoms with Crippen molar-refractivity contribution in [2.24, 2.45) is 0 Å². The Morgan fingerprint density at radius 3 is 2.80 bits per heavy atom. The van der Waals surface area contributed by atoms with Crippen molar-refractivity contribution in [1.29, 1.82) is 0 Å². The highest BCUT2D eigenvalue weighted by Gasteiger charge is 2.38. The Bertz CT molecular complexity index is 485. The molecule has 0 bridgehead atoms. The van der Waals surface area contributed by atoms with E-state index >= 15 is 0 Å². The van der Waals surface area contributed by atoms with Crippen LogP contribution in [0.3, 0.4) is 0 Å². The topological polar surface area (TPSA) is 29.5 Å². The zero-order chi connectivity index (χ0) is 13.9. The minimum atomic E-state index is 0.167. The third kappa shape index (κ3) is 2.66. The molecule has 0 unspecified atom stereocenters. The fourth-order valence-electron chi connectivity index (χ4n) is 3.24. The first-order valence-electron chi connectivity index (χ1n) is 7.36. The second-order valence-electron chi connectivity index (χ2n) is 5.53. The molecule has 1 heterocycles. The molecule has 1 aliphatic heterocycles. The van der Waals surface area contributed by atoms with Gasteiger partial charge >= 0.3 is 0 Å². The van der Waals surface area contributed by atoms with E-state index in [9.17, 15) is 4.79 Å². The maximum atomic E-state index is 12.3. The van der Waals surface area contributed by atoms with Crippen molar-refractivity contribution in [2.75, 3.05) is 12.9 Å². The van der Waals surface area contributed by atoms with Crippen molar-refractivity contribution in [3.05, 3.63) is 29.8 Å². The summed E-state index contributed by atoms with van der Waals surface area (Å²) in [5.74, 6) is 1.78. The van der Waals surface area contributed by atoms with Crippen LogP contribution in [0.25, 0.3) is 0 Å². The van der Waals surface area contributed by atoms with Crippen molar-refractivity contribution in [3.63, 3.8) is 0 Å². The van der Waals surface area contributed by atoms with Crippen LogP contribution in [0.1, 0.15) is 43.0 Å². The number of carbonyl (C=O) groups excluding carboxylic acids is 1. The van der Waals surface area contributed by atoms with E-state index < -0.39 is 0 Å². The Hall–Kier alpha value is -1.16. The lowest BCUT2D eigenvalue weighted by Crippen LogP contribution is -2.39. The maximum absolute atomic E-state index is 12.3. The zero-order valence-corrected chi connectivity index (χ0v) is 12.7. The van der Waals surface area contributed by atoms with E-state index in [1.54, 1.807) is 18.9 Å². The summed E-state index contributed by atoms with van der Waals surface area (Å²) in [7, 11) is 1.69. The Morgan fingerprint density at radius 1 is 1.25 bits per heavy atom. The number of nitrogens with zero attached hydrogens (tertiary/aromatic N) is 1. The van der Waals surface area contributed by atoms with E-state index in [2.05, 4.69) is 17.0 Å². The van der Waals surface area contributed by atoms with Gasteiger partial charge < -0.3 is 9.64 Å². The number of hydrogen-bond donors (Lipinski definition) is 0. The highest BCUT2D eigenvalue weighted by molar-refractivity contribution is 8.00. The Morgan fingerprint density at radius 2 is 2.05 bits per heavy atom. The summed E-state index contributed by atoms with van der Waals surface area (Å²) in [4.78, 5) is 14.4. The summed E-state index contributed by atoms with van der Waals surface area (Å²) in [6.07, 6.45) is 6.14. The van der Waals surface area contributed by atoms with Gasteiger partial charge in [-0.15, -0.1) is 11.8 Å². The fraction of sp³-hybridized carbons (Fsp3) is 0.562. The van der Waals surface area contributed by atoms with Crippen molar-refractivity contribution in [2.45, 2.75) is 43.5 Å². The molecule has 1 aromatic carbocycles. The standard InChI is InChI=1S/C16H21NO2S/c1-19-14-9-5-6-12(10-14)16-17(15(18)11-20-16)13-7-3-2-4-8-13/h5-6,9-10,13,16H,2-4,7-8,11H2,1H3/t16-/m1/s1. The number of rotatable bonds is 3. The van der Waals surface area contributed by atoms with E-state index in [0.717, 1.165) is 18.6 Å². The number of methoxy groups -OCH3 is 1. The van der Waals surface area contributed by atoms with Crippen LogP contribution in [0.15, 0.2) is 24.3 Å². The van der Waals surface area contributed by atoms with Crippen LogP contribution in [-0.2, 0) is 4.79 Å².